The number of rotatable bonds is 4. The lowest BCUT2D eigenvalue weighted by atomic mass is 10.0. The number of hydrogen-bond donors (Lipinski definition) is 0. The smallest absolute Gasteiger partial charge is 0.242 e. The number of aromatic nitrogens is 2. The summed E-state index contributed by atoms with van der Waals surface area (Å²) in [5, 5.41) is 3.15. The molecule has 0 atom stereocenters. The van der Waals surface area contributed by atoms with E-state index in [0.717, 1.165) is 53.3 Å². The number of likely N-dealkylation sites (N-methyl/N-ethyl adjacent to an activating group) is 2. The van der Waals surface area contributed by atoms with Gasteiger partial charge >= 0.3 is 0 Å². The zero-order valence-corrected chi connectivity index (χ0v) is 17.4. The Hall–Kier alpha value is -2.51. The van der Waals surface area contributed by atoms with Gasteiger partial charge in [-0.25, -0.2) is 9.97 Å². The summed E-state index contributed by atoms with van der Waals surface area (Å²) in [6, 6.07) is 8.48. The highest BCUT2D eigenvalue weighted by atomic mass is 32.1. The van der Waals surface area contributed by atoms with Gasteiger partial charge in [-0.3, -0.25) is 4.79 Å². The lowest BCUT2D eigenvalue weighted by Gasteiger charge is -2.33. The van der Waals surface area contributed by atoms with Crippen molar-refractivity contribution in [2.24, 2.45) is 0 Å². The molecule has 1 aliphatic heterocycles. The third-order valence-corrected chi connectivity index (χ3v) is 6.19. The fourth-order valence-corrected chi connectivity index (χ4v) is 4.44. The van der Waals surface area contributed by atoms with Crippen molar-refractivity contribution in [2.75, 3.05) is 51.7 Å². The molecule has 4 rings (SSSR count). The highest BCUT2D eigenvalue weighted by Gasteiger charge is 2.22. The van der Waals surface area contributed by atoms with E-state index >= 15 is 0 Å². The number of carbonyl (C=O) groups is 1. The third-order valence-electron chi connectivity index (χ3n) is 5.30. The average molecular weight is 396 g/mol. The zero-order valence-electron chi connectivity index (χ0n) is 16.6. The van der Waals surface area contributed by atoms with E-state index in [4.69, 9.17) is 0 Å². The van der Waals surface area contributed by atoms with Crippen LogP contribution in [-0.2, 0) is 4.79 Å². The summed E-state index contributed by atoms with van der Waals surface area (Å²) in [4.78, 5) is 28.9. The summed E-state index contributed by atoms with van der Waals surface area (Å²) in [5.74, 6) is 0.957. The molecule has 28 heavy (non-hydrogen) atoms. The molecule has 3 aromatic rings. The highest BCUT2D eigenvalue weighted by molar-refractivity contribution is 7.17. The van der Waals surface area contributed by atoms with Crippen LogP contribution in [-0.4, -0.2) is 72.5 Å². The van der Waals surface area contributed by atoms with E-state index in [9.17, 15) is 4.79 Å². The second kappa shape index (κ2) is 7.85. The maximum absolute atomic E-state index is 12.8. The minimum Gasteiger partial charge on any atom is -0.350 e. The summed E-state index contributed by atoms with van der Waals surface area (Å²) in [7, 11) is 4.03. The number of piperazine rings is 1. The van der Waals surface area contributed by atoms with E-state index in [0.29, 0.717) is 6.54 Å². The Balaban J connectivity index is 1.62. The van der Waals surface area contributed by atoms with Crippen LogP contribution in [0.25, 0.3) is 21.3 Å². The Morgan fingerprint density at radius 2 is 1.86 bits per heavy atom. The number of carbonyl (C=O) groups excluding carboxylic acids is 1. The van der Waals surface area contributed by atoms with Gasteiger partial charge in [0.05, 0.1) is 11.9 Å². The van der Waals surface area contributed by atoms with Crippen molar-refractivity contribution in [3.05, 3.63) is 41.5 Å². The molecule has 3 heterocycles. The Bertz CT molecular complexity index is 976. The average Bonchev–Trinajstić information content (AvgIpc) is 3.13. The van der Waals surface area contributed by atoms with E-state index in [1.807, 2.05) is 16.8 Å². The van der Waals surface area contributed by atoms with Crippen molar-refractivity contribution >= 4 is 33.3 Å². The Labute approximate surface area is 169 Å². The first-order valence-corrected chi connectivity index (χ1v) is 10.4. The first-order chi connectivity index (χ1) is 13.5. The van der Waals surface area contributed by atoms with Crippen LogP contribution in [0.3, 0.4) is 0 Å². The zero-order chi connectivity index (χ0) is 19.7. The topological polar surface area (TPSA) is 52.6 Å². The van der Waals surface area contributed by atoms with Gasteiger partial charge < -0.3 is 14.7 Å². The molecule has 1 saturated heterocycles. The van der Waals surface area contributed by atoms with Crippen LogP contribution in [0.4, 0.5) is 5.82 Å². The largest absolute Gasteiger partial charge is 0.350 e. The fourth-order valence-electron chi connectivity index (χ4n) is 3.53. The molecule has 0 bridgehead atoms. The molecular weight excluding hydrogens is 370 g/mol. The SMILES string of the molecule is Cc1ccc(-c2csc3ncnc(N(C)CC(=O)N4CCN(C)CC4)c23)cc1. The van der Waals surface area contributed by atoms with Crippen molar-refractivity contribution in [2.45, 2.75) is 6.92 Å². The number of benzene rings is 1. The van der Waals surface area contributed by atoms with Crippen LogP contribution in [0.2, 0.25) is 0 Å². The third kappa shape index (κ3) is 3.72. The van der Waals surface area contributed by atoms with Crippen molar-refractivity contribution in [3.63, 3.8) is 0 Å². The number of anilines is 1. The molecule has 7 heteroatoms. The van der Waals surface area contributed by atoms with E-state index in [-0.39, 0.29) is 5.91 Å². The summed E-state index contributed by atoms with van der Waals surface area (Å²) in [6.45, 7) is 5.83. The van der Waals surface area contributed by atoms with Crippen molar-refractivity contribution in [1.82, 2.24) is 19.8 Å². The molecule has 1 amide bonds. The molecule has 2 aromatic heterocycles. The predicted octanol–water partition coefficient (Wildman–Crippen LogP) is 2.88. The second-order valence-corrected chi connectivity index (χ2v) is 8.29. The molecule has 0 saturated carbocycles. The lowest BCUT2D eigenvalue weighted by Crippen LogP contribution is -2.49. The predicted molar refractivity (Wildman–Crippen MR) is 115 cm³/mol. The molecule has 1 aliphatic rings. The van der Waals surface area contributed by atoms with Crippen molar-refractivity contribution in [3.8, 4) is 11.1 Å². The first kappa shape index (κ1) is 18.8. The van der Waals surface area contributed by atoms with Gasteiger partial charge in [-0.15, -0.1) is 11.3 Å². The maximum Gasteiger partial charge on any atom is 0.242 e. The molecule has 0 unspecified atom stereocenters. The number of aryl methyl sites for hydroxylation is 1. The summed E-state index contributed by atoms with van der Waals surface area (Å²) >= 11 is 1.61. The summed E-state index contributed by atoms with van der Waals surface area (Å²) in [6.07, 6.45) is 1.59. The van der Waals surface area contributed by atoms with Gasteiger partial charge in [-0.2, -0.15) is 0 Å². The van der Waals surface area contributed by atoms with Gasteiger partial charge in [0.2, 0.25) is 5.91 Å². The molecule has 0 radical (unpaired) electrons. The van der Waals surface area contributed by atoms with E-state index < -0.39 is 0 Å². The van der Waals surface area contributed by atoms with E-state index in [2.05, 4.69) is 58.5 Å². The number of amides is 1. The lowest BCUT2D eigenvalue weighted by molar-refractivity contribution is -0.131. The number of hydrogen-bond acceptors (Lipinski definition) is 6. The molecule has 1 fully saturated rings. The second-order valence-electron chi connectivity index (χ2n) is 7.43. The molecule has 0 spiro atoms. The number of thiophene rings is 1. The van der Waals surface area contributed by atoms with Crippen LogP contribution >= 0.6 is 11.3 Å². The first-order valence-electron chi connectivity index (χ1n) is 9.49. The Kier molecular flexibility index (Phi) is 5.28. The summed E-state index contributed by atoms with van der Waals surface area (Å²) < 4.78 is 0. The van der Waals surface area contributed by atoms with Crippen molar-refractivity contribution in [1.29, 1.82) is 0 Å². The van der Waals surface area contributed by atoms with Gasteiger partial charge in [0.1, 0.15) is 17.0 Å². The van der Waals surface area contributed by atoms with E-state index in [1.54, 1.807) is 17.7 Å². The highest BCUT2D eigenvalue weighted by Crippen LogP contribution is 2.37. The molecule has 0 aliphatic carbocycles. The van der Waals surface area contributed by atoms with Crippen LogP contribution in [0, 0.1) is 6.92 Å². The number of nitrogens with zero attached hydrogens (tertiary/aromatic N) is 5. The minimum absolute atomic E-state index is 0.148. The van der Waals surface area contributed by atoms with Gasteiger partial charge in [0.15, 0.2) is 0 Å². The molecule has 146 valence electrons. The van der Waals surface area contributed by atoms with Crippen molar-refractivity contribution < 1.29 is 4.79 Å². The monoisotopic (exact) mass is 395 g/mol. The Morgan fingerprint density at radius 3 is 2.57 bits per heavy atom. The van der Waals surface area contributed by atoms with Crippen LogP contribution in [0.1, 0.15) is 5.56 Å². The standard InChI is InChI=1S/C21H25N5OS/c1-15-4-6-16(7-5-15)17-13-28-21-19(17)20(22-14-23-21)25(3)12-18(27)26-10-8-24(2)9-11-26/h4-7,13-14H,8-12H2,1-3H3. The minimum atomic E-state index is 0.148. The van der Waals surface area contributed by atoms with E-state index in [1.165, 1.54) is 5.56 Å². The van der Waals surface area contributed by atoms with Gasteiger partial charge in [-0.1, -0.05) is 29.8 Å². The number of fused-ring (bicyclic) bond motifs is 1. The summed E-state index contributed by atoms with van der Waals surface area (Å²) in [5.41, 5.74) is 3.50. The maximum atomic E-state index is 12.8. The van der Waals surface area contributed by atoms with Gasteiger partial charge in [0, 0.05) is 44.2 Å². The fraction of sp³-hybridized carbons (Fsp3) is 0.381. The van der Waals surface area contributed by atoms with Crippen LogP contribution in [0.5, 0.6) is 0 Å². The molecule has 1 aromatic carbocycles. The Morgan fingerprint density at radius 1 is 1.14 bits per heavy atom. The molecule has 6 nitrogen and oxygen atoms in total. The van der Waals surface area contributed by atoms with Crippen LogP contribution < -0.4 is 4.90 Å². The molecular formula is C21H25N5OS. The normalized spacial score (nSPS) is 15.2. The van der Waals surface area contributed by atoms with Gasteiger partial charge in [-0.05, 0) is 19.5 Å². The molecule has 0 N–H and O–H groups in total. The van der Waals surface area contributed by atoms with Crippen LogP contribution in [0.15, 0.2) is 36.0 Å². The quantitative estimate of drug-likeness (QED) is 0.680. The van der Waals surface area contributed by atoms with Gasteiger partial charge in [0.25, 0.3) is 0 Å².